The lowest BCUT2D eigenvalue weighted by molar-refractivity contribution is -0.137. The molecular weight excluding hydrogens is 423 g/mol. The molecule has 0 bridgehead atoms. The van der Waals surface area contributed by atoms with Gasteiger partial charge in [0.05, 0.1) is 5.56 Å². The number of hydrogen-bond donors (Lipinski definition) is 1. The van der Waals surface area contributed by atoms with E-state index in [4.69, 9.17) is 0 Å². The normalized spacial score (nSPS) is 15.0. The minimum absolute atomic E-state index is 0.205. The Balaban J connectivity index is 1.61. The third-order valence-electron chi connectivity index (χ3n) is 4.54. The molecule has 0 atom stereocenters. The van der Waals surface area contributed by atoms with Crippen molar-refractivity contribution in [1.82, 2.24) is 4.90 Å². The Kier molecular flexibility index (Phi) is 5.64. The third-order valence-corrected chi connectivity index (χ3v) is 5.03. The van der Waals surface area contributed by atoms with Crippen LogP contribution in [0.5, 0.6) is 0 Å². The van der Waals surface area contributed by atoms with E-state index in [2.05, 4.69) is 21.2 Å². The Labute approximate surface area is 164 Å². The Morgan fingerprint density at radius 3 is 2.41 bits per heavy atom. The highest BCUT2D eigenvalue weighted by Gasteiger charge is 2.31. The molecule has 0 unspecified atom stereocenters. The van der Waals surface area contributed by atoms with Crippen molar-refractivity contribution < 1.29 is 18.0 Å². The molecular formula is C19H19BrF3N3O. The van der Waals surface area contributed by atoms with Gasteiger partial charge in [0.25, 0.3) is 0 Å². The maximum absolute atomic E-state index is 12.9. The predicted octanol–water partition coefficient (Wildman–Crippen LogP) is 5.13. The van der Waals surface area contributed by atoms with Gasteiger partial charge in [0.1, 0.15) is 0 Å². The summed E-state index contributed by atoms with van der Waals surface area (Å²) in [4.78, 5) is 16.0. The van der Waals surface area contributed by atoms with E-state index in [9.17, 15) is 18.0 Å². The van der Waals surface area contributed by atoms with Crippen molar-refractivity contribution in [2.24, 2.45) is 0 Å². The monoisotopic (exact) mass is 441 g/mol. The molecule has 1 aliphatic rings. The zero-order chi connectivity index (χ0) is 19.6. The third kappa shape index (κ3) is 4.74. The summed E-state index contributed by atoms with van der Waals surface area (Å²) in [6.07, 6.45) is -4.36. The van der Waals surface area contributed by atoms with Crippen LogP contribution in [-0.4, -0.2) is 37.1 Å². The molecule has 144 valence electrons. The van der Waals surface area contributed by atoms with Crippen molar-refractivity contribution in [3.8, 4) is 0 Å². The highest BCUT2D eigenvalue weighted by Crippen LogP contribution is 2.32. The van der Waals surface area contributed by atoms with Gasteiger partial charge in [-0.1, -0.05) is 22.0 Å². The fraction of sp³-hybridized carbons (Fsp3) is 0.316. The number of urea groups is 1. The summed E-state index contributed by atoms with van der Waals surface area (Å²) in [6.45, 7) is 3.75. The zero-order valence-corrected chi connectivity index (χ0v) is 16.3. The number of aryl methyl sites for hydroxylation is 1. The Morgan fingerprint density at radius 2 is 1.78 bits per heavy atom. The summed E-state index contributed by atoms with van der Waals surface area (Å²) >= 11 is 3.39. The lowest BCUT2D eigenvalue weighted by Gasteiger charge is -2.36. The van der Waals surface area contributed by atoms with Crippen LogP contribution in [0.2, 0.25) is 0 Å². The average molecular weight is 442 g/mol. The standard InChI is InChI=1S/C19H19BrF3N3O/c1-13-11-15(20)5-6-17(13)24-18(27)26-9-7-25(8-10-26)16-4-2-3-14(12-16)19(21,22)23/h2-6,11-12H,7-10H2,1H3,(H,24,27). The predicted molar refractivity (Wildman–Crippen MR) is 103 cm³/mol. The molecule has 1 heterocycles. The number of carbonyl (C=O) groups excluding carboxylic acids is 1. The van der Waals surface area contributed by atoms with Crippen LogP contribution in [0.4, 0.5) is 29.3 Å². The first-order chi connectivity index (χ1) is 12.7. The van der Waals surface area contributed by atoms with E-state index in [0.29, 0.717) is 31.9 Å². The molecule has 1 fully saturated rings. The van der Waals surface area contributed by atoms with Gasteiger partial charge in [-0.15, -0.1) is 0 Å². The fourth-order valence-corrected chi connectivity index (χ4v) is 3.48. The van der Waals surface area contributed by atoms with Gasteiger partial charge in [-0.25, -0.2) is 4.79 Å². The largest absolute Gasteiger partial charge is 0.416 e. The number of rotatable bonds is 2. The van der Waals surface area contributed by atoms with Gasteiger partial charge in [-0.3, -0.25) is 0 Å². The molecule has 1 saturated heterocycles. The first kappa shape index (κ1) is 19.5. The molecule has 3 rings (SSSR count). The summed E-state index contributed by atoms with van der Waals surface area (Å²) in [5, 5.41) is 2.89. The van der Waals surface area contributed by atoms with Crippen LogP contribution in [0.3, 0.4) is 0 Å². The molecule has 1 N–H and O–H groups in total. The van der Waals surface area contributed by atoms with Crippen LogP contribution in [0.1, 0.15) is 11.1 Å². The maximum atomic E-state index is 12.9. The lowest BCUT2D eigenvalue weighted by atomic mass is 10.1. The first-order valence-electron chi connectivity index (χ1n) is 8.48. The SMILES string of the molecule is Cc1cc(Br)ccc1NC(=O)N1CCN(c2cccc(C(F)(F)F)c2)CC1. The van der Waals surface area contributed by atoms with Crippen molar-refractivity contribution in [3.63, 3.8) is 0 Å². The summed E-state index contributed by atoms with van der Waals surface area (Å²) in [5.41, 5.74) is 1.54. The second kappa shape index (κ2) is 7.80. The van der Waals surface area contributed by atoms with E-state index >= 15 is 0 Å². The number of carbonyl (C=O) groups is 1. The number of piperazine rings is 1. The van der Waals surface area contributed by atoms with Gasteiger partial charge in [-0.05, 0) is 48.9 Å². The molecule has 8 heteroatoms. The molecule has 0 saturated carbocycles. The minimum atomic E-state index is -4.36. The van der Waals surface area contributed by atoms with Gasteiger partial charge in [0.15, 0.2) is 0 Å². The number of amides is 2. The topological polar surface area (TPSA) is 35.6 Å². The van der Waals surface area contributed by atoms with E-state index in [1.807, 2.05) is 30.0 Å². The van der Waals surface area contributed by atoms with Crippen LogP contribution in [0, 0.1) is 6.92 Å². The van der Waals surface area contributed by atoms with Crippen LogP contribution < -0.4 is 10.2 Å². The number of nitrogens with one attached hydrogen (secondary N) is 1. The molecule has 0 aliphatic carbocycles. The fourth-order valence-electron chi connectivity index (χ4n) is 3.01. The van der Waals surface area contributed by atoms with Crippen molar-refractivity contribution in [2.45, 2.75) is 13.1 Å². The average Bonchev–Trinajstić information content (AvgIpc) is 2.63. The Bertz CT molecular complexity index is 833. The molecule has 0 radical (unpaired) electrons. The van der Waals surface area contributed by atoms with E-state index in [1.54, 1.807) is 11.0 Å². The molecule has 4 nitrogen and oxygen atoms in total. The van der Waals surface area contributed by atoms with Gasteiger partial charge < -0.3 is 15.1 Å². The molecule has 0 aromatic heterocycles. The summed E-state index contributed by atoms with van der Waals surface area (Å²) in [7, 11) is 0. The highest BCUT2D eigenvalue weighted by atomic mass is 79.9. The van der Waals surface area contributed by atoms with Crippen LogP contribution >= 0.6 is 15.9 Å². The number of halogens is 4. The Morgan fingerprint density at radius 1 is 1.07 bits per heavy atom. The molecule has 2 amide bonds. The van der Waals surface area contributed by atoms with Crippen molar-refractivity contribution in [1.29, 1.82) is 0 Å². The maximum Gasteiger partial charge on any atom is 0.416 e. The summed E-state index contributed by atoms with van der Waals surface area (Å²) < 4.78 is 39.6. The number of nitrogens with zero attached hydrogens (tertiary/aromatic N) is 2. The Hall–Kier alpha value is -2.22. The van der Waals surface area contributed by atoms with E-state index in [0.717, 1.165) is 27.9 Å². The van der Waals surface area contributed by atoms with Crippen molar-refractivity contribution >= 4 is 33.3 Å². The number of hydrogen-bond acceptors (Lipinski definition) is 2. The van der Waals surface area contributed by atoms with E-state index in [-0.39, 0.29) is 6.03 Å². The lowest BCUT2D eigenvalue weighted by Crippen LogP contribution is -2.50. The van der Waals surface area contributed by atoms with Crippen molar-refractivity contribution in [2.75, 3.05) is 36.4 Å². The zero-order valence-electron chi connectivity index (χ0n) is 14.7. The number of benzene rings is 2. The second-order valence-electron chi connectivity index (χ2n) is 6.41. The van der Waals surface area contributed by atoms with Gasteiger partial charge >= 0.3 is 12.2 Å². The minimum Gasteiger partial charge on any atom is -0.368 e. The first-order valence-corrected chi connectivity index (χ1v) is 9.27. The molecule has 2 aromatic rings. The highest BCUT2D eigenvalue weighted by molar-refractivity contribution is 9.10. The number of anilines is 2. The summed E-state index contributed by atoms with van der Waals surface area (Å²) in [5.74, 6) is 0. The molecule has 27 heavy (non-hydrogen) atoms. The van der Waals surface area contributed by atoms with Gasteiger partial charge in [0.2, 0.25) is 0 Å². The van der Waals surface area contributed by atoms with Crippen LogP contribution in [-0.2, 0) is 6.18 Å². The van der Waals surface area contributed by atoms with Gasteiger partial charge in [-0.2, -0.15) is 13.2 Å². The second-order valence-corrected chi connectivity index (χ2v) is 7.33. The van der Waals surface area contributed by atoms with E-state index < -0.39 is 11.7 Å². The number of alkyl halides is 3. The quantitative estimate of drug-likeness (QED) is 0.700. The van der Waals surface area contributed by atoms with E-state index in [1.165, 1.54) is 6.07 Å². The van der Waals surface area contributed by atoms with Crippen LogP contribution in [0.15, 0.2) is 46.9 Å². The molecule has 0 spiro atoms. The summed E-state index contributed by atoms with van der Waals surface area (Å²) in [6, 6.07) is 10.7. The molecule has 2 aromatic carbocycles. The van der Waals surface area contributed by atoms with Crippen molar-refractivity contribution in [3.05, 3.63) is 58.1 Å². The molecule has 1 aliphatic heterocycles. The van der Waals surface area contributed by atoms with Gasteiger partial charge in [0, 0.05) is 42.0 Å². The van der Waals surface area contributed by atoms with Crippen LogP contribution in [0.25, 0.3) is 0 Å². The smallest absolute Gasteiger partial charge is 0.368 e.